The first-order chi connectivity index (χ1) is 14.0. The number of nitrogens with zero attached hydrogens (tertiary/aromatic N) is 2. The zero-order chi connectivity index (χ0) is 20.6. The Bertz CT molecular complexity index is 1030. The van der Waals surface area contributed by atoms with Crippen LogP contribution in [0.25, 0.3) is 0 Å². The molecule has 0 saturated heterocycles. The molecule has 0 spiro atoms. The molecule has 0 bridgehead atoms. The van der Waals surface area contributed by atoms with E-state index in [9.17, 15) is 14.9 Å². The molecule has 0 aliphatic heterocycles. The number of rotatable bonds is 7. The minimum atomic E-state index is -0.442. The Kier molecular flexibility index (Phi) is 6.47. The van der Waals surface area contributed by atoms with Gasteiger partial charge in [-0.05, 0) is 24.1 Å². The Morgan fingerprint density at radius 2 is 1.69 bits per heavy atom. The van der Waals surface area contributed by atoms with Gasteiger partial charge in [0, 0.05) is 24.2 Å². The van der Waals surface area contributed by atoms with E-state index in [0.29, 0.717) is 12.3 Å². The molecule has 0 fully saturated rings. The quantitative estimate of drug-likeness (QED) is 0.374. The van der Waals surface area contributed by atoms with Gasteiger partial charge in [-0.3, -0.25) is 19.9 Å². The molecule has 0 atom stereocenters. The number of nitrogens with one attached hydrogen (secondary N) is 1. The standard InChI is InChI=1S/C23H21N3O3/c1-17-6-5-9-20(14-17)22(23(27)25-16-18-7-3-2-4-8-18)24-15-19-10-12-21(13-11-19)26(28)29/h2-14H,15-16H2,1H3,(H,25,27). The van der Waals surface area contributed by atoms with Crippen LogP contribution >= 0.6 is 0 Å². The van der Waals surface area contributed by atoms with Crippen LogP contribution in [0.15, 0.2) is 83.9 Å². The molecular formula is C23H21N3O3. The molecule has 146 valence electrons. The Balaban J connectivity index is 1.81. The van der Waals surface area contributed by atoms with Crippen LogP contribution in [-0.2, 0) is 17.9 Å². The highest BCUT2D eigenvalue weighted by Crippen LogP contribution is 2.14. The molecular weight excluding hydrogens is 366 g/mol. The van der Waals surface area contributed by atoms with Crippen molar-refractivity contribution >= 4 is 17.3 Å². The highest BCUT2D eigenvalue weighted by molar-refractivity contribution is 6.45. The largest absolute Gasteiger partial charge is 0.347 e. The summed E-state index contributed by atoms with van der Waals surface area (Å²) in [4.78, 5) is 27.7. The van der Waals surface area contributed by atoms with E-state index in [2.05, 4.69) is 10.3 Å². The van der Waals surface area contributed by atoms with Crippen LogP contribution in [0, 0.1) is 17.0 Å². The van der Waals surface area contributed by atoms with Gasteiger partial charge in [0.05, 0.1) is 11.5 Å². The second-order valence-corrected chi connectivity index (χ2v) is 6.63. The zero-order valence-electron chi connectivity index (χ0n) is 16.0. The highest BCUT2D eigenvalue weighted by Gasteiger charge is 2.14. The van der Waals surface area contributed by atoms with Crippen LogP contribution in [0.4, 0.5) is 5.69 Å². The minimum Gasteiger partial charge on any atom is -0.347 e. The van der Waals surface area contributed by atoms with Crippen LogP contribution in [-0.4, -0.2) is 16.5 Å². The highest BCUT2D eigenvalue weighted by atomic mass is 16.6. The molecule has 1 N–H and O–H groups in total. The number of carbonyl (C=O) groups excluding carboxylic acids is 1. The van der Waals surface area contributed by atoms with E-state index < -0.39 is 4.92 Å². The van der Waals surface area contributed by atoms with Crippen molar-refractivity contribution in [3.63, 3.8) is 0 Å². The monoisotopic (exact) mass is 387 g/mol. The number of aryl methyl sites for hydroxylation is 1. The molecule has 0 radical (unpaired) electrons. The van der Waals surface area contributed by atoms with Gasteiger partial charge in [-0.2, -0.15) is 0 Å². The van der Waals surface area contributed by atoms with Crippen molar-refractivity contribution in [3.05, 3.63) is 111 Å². The molecule has 29 heavy (non-hydrogen) atoms. The van der Waals surface area contributed by atoms with Crippen LogP contribution in [0.1, 0.15) is 22.3 Å². The average molecular weight is 387 g/mol. The molecule has 0 heterocycles. The summed E-state index contributed by atoms with van der Waals surface area (Å²) in [7, 11) is 0. The van der Waals surface area contributed by atoms with E-state index in [1.54, 1.807) is 12.1 Å². The van der Waals surface area contributed by atoms with Gasteiger partial charge in [-0.1, -0.05) is 66.2 Å². The van der Waals surface area contributed by atoms with Crippen molar-refractivity contribution in [2.45, 2.75) is 20.0 Å². The van der Waals surface area contributed by atoms with Crippen molar-refractivity contribution in [2.24, 2.45) is 4.99 Å². The summed E-state index contributed by atoms with van der Waals surface area (Å²) >= 11 is 0. The van der Waals surface area contributed by atoms with E-state index in [1.165, 1.54) is 12.1 Å². The van der Waals surface area contributed by atoms with Gasteiger partial charge in [0.2, 0.25) is 0 Å². The predicted molar refractivity (Wildman–Crippen MR) is 113 cm³/mol. The average Bonchev–Trinajstić information content (AvgIpc) is 2.73. The third kappa shape index (κ3) is 5.59. The third-order valence-corrected chi connectivity index (χ3v) is 4.37. The van der Waals surface area contributed by atoms with Crippen molar-refractivity contribution < 1.29 is 9.72 Å². The van der Waals surface area contributed by atoms with E-state index in [1.807, 2.05) is 61.5 Å². The minimum absolute atomic E-state index is 0.0252. The normalized spacial score (nSPS) is 11.1. The molecule has 0 aliphatic carbocycles. The van der Waals surface area contributed by atoms with Crippen LogP contribution in [0.2, 0.25) is 0 Å². The summed E-state index contributed by atoms with van der Waals surface area (Å²) in [6.45, 7) is 2.61. The van der Waals surface area contributed by atoms with Gasteiger partial charge >= 0.3 is 0 Å². The maximum absolute atomic E-state index is 12.9. The van der Waals surface area contributed by atoms with Gasteiger partial charge in [-0.25, -0.2) is 0 Å². The van der Waals surface area contributed by atoms with Crippen molar-refractivity contribution in [2.75, 3.05) is 0 Å². The van der Waals surface area contributed by atoms with E-state index in [4.69, 9.17) is 0 Å². The zero-order valence-corrected chi connectivity index (χ0v) is 16.0. The number of non-ortho nitro benzene ring substituents is 1. The summed E-state index contributed by atoms with van der Waals surface area (Å²) in [6.07, 6.45) is 0. The molecule has 6 heteroatoms. The maximum Gasteiger partial charge on any atom is 0.270 e. The summed E-state index contributed by atoms with van der Waals surface area (Å²) in [5.41, 5.74) is 3.91. The number of carbonyl (C=O) groups is 1. The van der Waals surface area contributed by atoms with E-state index >= 15 is 0 Å². The Morgan fingerprint density at radius 1 is 0.966 bits per heavy atom. The van der Waals surface area contributed by atoms with Crippen LogP contribution in [0.5, 0.6) is 0 Å². The first kappa shape index (κ1) is 19.9. The molecule has 3 aromatic carbocycles. The number of aliphatic imine (C=N–C) groups is 1. The molecule has 0 aromatic heterocycles. The van der Waals surface area contributed by atoms with Crippen molar-refractivity contribution in [1.29, 1.82) is 0 Å². The van der Waals surface area contributed by atoms with E-state index in [-0.39, 0.29) is 18.1 Å². The van der Waals surface area contributed by atoms with Crippen LogP contribution < -0.4 is 5.32 Å². The molecule has 3 aromatic rings. The lowest BCUT2D eigenvalue weighted by Crippen LogP contribution is -2.31. The predicted octanol–water partition coefficient (Wildman–Crippen LogP) is 4.21. The number of amides is 1. The molecule has 0 aliphatic rings. The third-order valence-electron chi connectivity index (χ3n) is 4.37. The first-order valence-corrected chi connectivity index (χ1v) is 9.20. The van der Waals surface area contributed by atoms with E-state index in [0.717, 1.165) is 22.3 Å². The number of nitro groups is 1. The van der Waals surface area contributed by atoms with Gasteiger partial charge < -0.3 is 5.32 Å². The number of nitro benzene ring substituents is 1. The lowest BCUT2D eigenvalue weighted by Gasteiger charge is -2.10. The lowest BCUT2D eigenvalue weighted by molar-refractivity contribution is -0.384. The number of hydrogen-bond acceptors (Lipinski definition) is 4. The number of benzene rings is 3. The van der Waals surface area contributed by atoms with Gasteiger partial charge in [-0.15, -0.1) is 0 Å². The summed E-state index contributed by atoms with van der Waals surface area (Å²) < 4.78 is 0. The summed E-state index contributed by atoms with van der Waals surface area (Å²) in [6, 6.07) is 23.4. The van der Waals surface area contributed by atoms with Gasteiger partial charge in [0.25, 0.3) is 11.6 Å². The Hall–Kier alpha value is -3.80. The van der Waals surface area contributed by atoms with Gasteiger partial charge in [0.15, 0.2) is 0 Å². The second-order valence-electron chi connectivity index (χ2n) is 6.63. The Morgan fingerprint density at radius 3 is 2.34 bits per heavy atom. The smallest absolute Gasteiger partial charge is 0.270 e. The second kappa shape index (κ2) is 9.41. The lowest BCUT2D eigenvalue weighted by atomic mass is 10.1. The van der Waals surface area contributed by atoms with Crippen LogP contribution in [0.3, 0.4) is 0 Å². The number of hydrogen-bond donors (Lipinski definition) is 1. The first-order valence-electron chi connectivity index (χ1n) is 9.20. The molecule has 1 amide bonds. The fourth-order valence-corrected chi connectivity index (χ4v) is 2.84. The maximum atomic E-state index is 12.9. The molecule has 0 saturated carbocycles. The van der Waals surface area contributed by atoms with Gasteiger partial charge in [0.1, 0.15) is 5.71 Å². The molecule has 0 unspecified atom stereocenters. The Labute approximate surface area is 169 Å². The summed E-state index contributed by atoms with van der Waals surface area (Å²) in [5, 5.41) is 13.7. The van der Waals surface area contributed by atoms with Crippen molar-refractivity contribution in [1.82, 2.24) is 5.32 Å². The fourth-order valence-electron chi connectivity index (χ4n) is 2.84. The fraction of sp³-hybridized carbons (Fsp3) is 0.130. The SMILES string of the molecule is Cc1cccc(C(=NCc2ccc([N+](=O)[O-])cc2)C(=O)NCc2ccccc2)c1. The molecule has 6 nitrogen and oxygen atoms in total. The molecule has 3 rings (SSSR count). The summed E-state index contributed by atoms with van der Waals surface area (Å²) in [5.74, 6) is -0.263. The topological polar surface area (TPSA) is 84.6 Å². The van der Waals surface area contributed by atoms with Crippen molar-refractivity contribution in [3.8, 4) is 0 Å².